The molecule has 1 aromatic carbocycles. The standard InChI is InChI=1S/C19H21N3O2/c1-23-17-9-13-12-5-3-4-6-15(12)22-19(14(13)10-18(17)24-2)16-11-20-7-8-21-16/h7-12,15H,3-6H2,1-2H3/t12-,15-/m1/s1. The van der Waals surface area contributed by atoms with Crippen molar-refractivity contribution in [2.45, 2.75) is 37.6 Å². The highest BCUT2D eigenvalue weighted by Crippen LogP contribution is 2.44. The first-order valence-electron chi connectivity index (χ1n) is 8.42. The number of ether oxygens (including phenoxy) is 2. The van der Waals surface area contributed by atoms with Gasteiger partial charge < -0.3 is 9.47 Å². The van der Waals surface area contributed by atoms with Gasteiger partial charge in [-0.1, -0.05) is 12.8 Å². The normalized spacial score (nSPS) is 22.2. The van der Waals surface area contributed by atoms with Crippen LogP contribution < -0.4 is 9.47 Å². The van der Waals surface area contributed by atoms with Gasteiger partial charge in [0.15, 0.2) is 11.5 Å². The summed E-state index contributed by atoms with van der Waals surface area (Å²) in [5, 5.41) is 0. The van der Waals surface area contributed by atoms with Crippen molar-refractivity contribution in [3.05, 3.63) is 47.5 Å². The molecule has 0 radical (unpaired) electrons. The number of aromatic nitrogens is 2. The van der Waals surface area contributed by atoms with E-state index in [0.29, 0.717) is 12.0 Å². The molecule has 2 heterocycles. The van der Waals surface area contributed by atoms with Crippen LogP contribution in [0.3, 0.4) is 0 Å². The fourth-order valence-corrected chi connectivity index (χ4v) is 3.90. The lowest BCUT2D eigenvalue weighted by atomic mass is 9.75. The van der Waals surface area contributed by atoms with Gasteiger partial charge in [-0.2, -0.15) is 0 Å². The van der Waals surface area contributed by atoms with Crippen molar-refractivity contribution in [3.63, 3.8) is 0 Å². The molecule has 1 fully saturated rings. The summed E-state index contributed by atoms with van der Waals surface area (Å²) in [5.74, 6) is 1.96. The van der Waals surface area contributed by atoms with Crippen LogP contribution in [-0.4, -0.2) is 35.9 Å². The average Bonchev–Trinajstić information content (AvgIpc) is 2.66. The van der Waals surface area contributed by atoms with E-state index in [0.717, 1.165) is 34.9 Å². The van der Waals surface area contributed by atoms with Crippen LogP contribution in [0.4, 0.5) is 0 Å². The van der Waals surface area contributed by atoms with Gasteiger partial charge in [0, 0.05) is 23.9 Å². The molecule has 1 aliphatic heterocycles. The highest BCUT2D eigenvalue weighted by Gasteiger charge is 2.34. The van der Waals surface area contributed by atoms with Gasteiger partial charge in [0.2, 0.25) is 0 Å². The Kier molecular flexibility index (Phi) is 3.92. The number of methoxy groups -OCH3 is 2. The van der Waals surface area contributed by atoms with Gasteiger partial charge in [-0.3, -0.25) is 15.0 Å². The Hall–Kier alpha value is -2.43. The smallest absolute Gasteiger partial charge is 0.161 e. The Morgan fingerprint density at radius 3 is 2.54 bits per heavy atom. The summed E-state index contributed by atoms with van der Waals surface area (Å²) in [6.07, 6.45) is 9.97. The maximum Gasteiger partial charge on any atom is 0.161 e. The molecule has 0 spiro atoms. The van der Waals surface area contributed by atoms with Crippen LogP contribution in [-0.2, 0) is 0 Å². The van der Waals surface area contributed by atoms with Crippen LogP contribution in [0.5, 0.6) is 11.5 Å². The van der Waals surface area contributed by atoms with Gasteiger partial charge in [0.1, 0.15) is 5.69 Å². The zero-order valence-electron chi connectivity index (χ0n) is 14.0. The van der Waals surface area contributed by atoms with E-state index >= 15 is 0 Å². The van der Waals surface area contributed by atoms with E-state index in [9.17, 15) is 0 Å². The van der Waals surface area contributed by atoms with E-state index in [4.69, 9.17) is 14.5 Å². The van der Waals surface area contributed by atoms with Gasteiger partial charge in [-0.25, -0.2) is 0 Å². The quantitative estimate of drug-likeness (QED) is 0.869. The van der Waals surface area contributed by atoms with E-state index in [1.54, 1.807) is 32.8 Å². The summed E-state index contributed by atoms with van der Waals surface area (Å²) in [7, 11) is 3.35. The third-order valence-corrected chi connectivity index (χ3v) is 5.04. The predicted molar refractivity (Wildman–Crippen MR) is 92.2 cm³/mol. The maximum absolute atomic E-state index is 5.53. The molecule has 1 aliphatic carbocycles. The number of fused-ring (bicyclic) bond motifs is 3. The largest absolute Gasteiger partial charge is 0.493 e. The second-order valence-electron chi connectivity index (χ2n) is 6.32. The first kappa shape index (κ1) is 15.1. The van der Waals surface area contributed by atoms with Crippen LogP contribution in [0.25, 0.3) is 0 Å². The van der Waals surface area contributed by atoms with E-state index in [1.165, 1.54) is 24.8 Å². The molecule has 5 heteroatoms. The van der Waals surface area contributed by atoms with Crippen LogP contribution in [0.2, 0.25) is 0 Å². The van der Waals surface area contributed by atoms with E-state index < -0.39 is 0 Å². The van der Waals surface area contributed by atoms with Crippen LogP contribution in [0.15, 0.2) is 35.7 Å². The van der Waals surface area contributed by atoms with Gasteiger partial charge in [-0.15, -0.1) is 0 Å². The molecule has 0 bridgehead atoms. The summed E-state index contributed by atoms with van der Waals surface area (Å²) in [6, 6.07) is 4.48. The monoisotopic (exact) mass is 323 g/mol. The molecule has 1 saturated carbocycles. The third kappa shape index (κ3) is 2.44. The Labute approximate surface area is 141 Å². The van der Waals surface area contributed by atoms with Crippen molar-refractivity contribution in [2.24, 2.45) is 4.99 Å². The van der Waals surface area contributed by atoms with E-state index in [2.05, 4.69) is 16.0 Å². The molecule has 5 nitrogen and oxygen atoms in total. The molecular formula is C19H21N3O2. The first-order valence-corrected chi connectivity index (χ1v) is 8.42. The molecule has 2 aromatic rings. The second kappa shape index (κ2) is 6.23. The molecule has 0 saturated heterocycles. The number of hydrogen-bond acceptors (Lipinski definition) is 5. The highest BCUT2D eigenvalue weighted by molar-refractivity contribution is 6.13. The van der Waals surface area contributed by atoms with Gasteiger partial charge in [0.25, 0.3) is 0 Å². The van der Waals surface area contributed by atoms with Crippen LogP contribution >= 0.6 is 0 Å². The van der Waals surface area contributed by atoms with Gasteiger partial charge in [0.05, 0.1) is 32.2 Å². The lowest BCUT2D eigenvalue weighted by molar-refractivity contribution is 0.349. The number of benzene rings is 1. The summed E-state index contributed by atoms with van der Waals surface area (Å²) < 4.78 is 11.0. The van der Waals surface area contributed by atoms with Crippen molar-refractivity contribution in [3.8, 4) is 11.5 Å². The highest BCUT2D eigenvalue weighted by atomic mass is 16.5. The van der Waals surface area contributed by atoms with Crippen molar-refractivity contribution in [1.29, 1.82) is 0 Å². The van der Waals surface area contributed by atoms with Gasteiger partial charge in [-0.05, 0) is 30.5 Å². The SMILES string of the molecule is COc1cc2c(cc1OC)[C@H]1CCCC[C@H]1N=C2c1cnccn1. The molecule has 0 amide bonds. The maximum atomic E-state index is 5.53. The first-order chi connectivity index (χ1) is 11.8. The molecule has 0 N–H and O–H groups in total. The fraction of sp³-hybridized carbons (Fsp3) is 0.421. The molecule has 124 valence electrons. The van der Waals surface area contributed by atoms with Crippen LogP contribution in [0.1, 0.15) is 48.4 Å². The summed E-state index contributed by atoms with van der Waals surface area (Å²) in [6.45, 7) is 0. The Morgan fingerprint density at radius 2 is 1.79 bits per heavy atom. The summed E-state index contributed by atoms with van der Waals surface area (Å²) >= 11 is 0. The minimum Gasteiger partial charge on any atom is -0.493 e. The number of hydrogen-bond donors (Lipinski definition) is 0. The summed E-state index contributed by atoms with van der Waals surface area (Å²) in [4.78, 5) is 13.7. The van der Waals surface area contributed by atoms with Crippen molar-refractivity contribution >= 4 is 5.71 Å². The number of aliphatic imine (C=N–C) groups is 1. The minimum absolute atomic E-state index is 0.321. The lowest BCUT2D eigenvalue weighted by Crippen LogP contribution is -2.30. The third-order valence-electron chi connectivity index (χ3n) is 5.04. The molecular weight excluding hydrogens is 302 g/mol. The molecule has 0 unspecified atom stereocenters. The molecule has 1 aromatic heterocycles. The number of nitrogens with zero attached hydrogens (tertiary/aromatic N) is 3. The van der Waals surface area contributed by atoms with E-state index in [-0.39, 0.29) is 0 Å². The lowest BCUT2D eigenvalue weighted by Gasteiger charge is -2.35. The van der Waals surface area contributed by atoms with Crippen LogP contribution in [0, 0.1) is 0 Å². The molecule has 4 rings (SSSR count). The van der Waals surface area contributed by atoms with Crippen molar-refractivity contribution in [1.82, 2.24) is 9.97 Å². The zero-order valence-corrected chi connectivity index (χ0v) is 14.0. The Bertz CT molecular complexity index is 774. The Balaban J connectivity index is 1.91. The Morgan fingerprint density at radius 1 is 1.00 bits per heavy atom. The molecule has 2 aliphatic rings. The second-order valence-corrected chi connectivity index (χ2v) is 6.32. The topological polar surface area (TPSA) is 56.6 Å². The predicted octanol–water partition coefficient (Wildman–Crippen LogP) is 3.37. The van der Waals surface area contributed by atoms with Crippen molar-refractivity contribution in [2.75, 3.05) is 14.2 Å². The molecule has 24 heavy (non-hydrogen) atoms. The van der Waals surface area contributed by atoms with E-state index in [1.807, 2.05) is 6.07 Å². The zero-order chi connectivity index (χ0) is 16.5. The number of rotatable bonds is 3. The van der Waals surface area contributed by atoms with Gasteiger partial charge >= 0.3 is 0 Å². The summed E-state index contributed by atoms with van der Waals surface area (Å²) in [5.41, 5.74) is 4.13. The minimum atomic E-state index is 0.321. The fourth-order valence-electron chi connectivity index (χ4n) is 3.90. The molecule has 2 atom stereocenters. The average molecular weight is 323 g/mol. The van der Waals surface area contributed by atoms with Crippen molar-refractivity contribution < 1.29 is 9.47 Å².